The van der Waals surface area contributed by atoms with Crippen LogP contribution in [0.1, 0.15) is 27.4 Å². The highest BCUT2D eigenvalue weighted by molar-refractivity contribution is 14.1. The van der Waals surface area contributed by atoms with Gasteiger partial charge in [-0.3, -0.25) is 4.79 Å². The largest absolute Gasteiger partial charge is 0.351 e. The van der Waals surface area contributed by atoms with Crippen molar-refractivity contribution in [2.75, 3.05) is 4.90 Å². The second-order valence-corrected chi connectivity index (χ2v) is 10.5. The van der Waals surface area contributed by atoms with Gasteiger partial charge in [0.05, 0.1) is 18.2 Å². The van der Waals surface area contributed by atoms with Crippen LogP contribution < -0.4 is 4.90 Å². The van der Waals surface area contributed by atoms with Crippen molar-refractivity contribution < 1.29 is 4.79 Å². The fourth-order valence-corrected chi connectivity index (χ4v) is 6.46. The Hall–Kier alpha value is -3.94. The molecule has 4 nitrogen and oxygen atoms in total. The van der Waals surface area contributed by atoms with E-state index in [1.807, 2.05) is 95.9 Å². The zero-order valence-corrected chi connectivity index (χ0v) is 21.3. The summed E-state index contributed by atoms with van der Waals surface area (Å²) in [4.78, 5) is 16.3. The monoisotopic (exact) mass is 577 g/mol. The number of benzene rings is 4. The van der Waals surface area contributed by atoms with E-state index in [9.17, 15) is 15.3 Å². The van der Waals surface area contributed by atoms with Crippen LogP contribution in [-0.4, -0.2) is 17.9 Å². The minimum absolute atomic E-state index is 0.0914. The van der Waals surface area contributed by atoms with Crippen LogP contribution in [0.3, 0.4) is 0 Å². The Morgan fingerprint density at radius 2 is 1.64 bits per heavy atom. The highest BCUT2D eigenvalue weighted by atomic mass is 127. The van der Waals surface area contributed by atoms with E-state index >= 15 is 0 Å². The minimum Gasteiger partial charge on any atom is -0.351 e. The van der Waals surface area contributed by atoms with E-state index < -0.39 is 23.4 Å². The van der Waals surface area contributed by atoms with Crippen molar-refractivity contribution in [3.05, 3.63) is 117 Å². The highest BCUT2D eigenvalue weighted by Crippen LogP contribution is 2.56. The van der Waals surface area contributed by atoms with Gasteiger partial charge in [-0.1, -0.05) is 84.9 Å². The number of nitriles is 2. The maximum Gasteiger partial charge on any atom is 0.185 e. The van der Waals surface area contributed by atoms with Crippen LogP contribution in [0.2, 0.25) is 0 Å². The standard InChI is InChI=1S/C31H20IN3O/c32-23-11-6-10-22(17-23)28-29(30(36)21-8-2-1-3-9-21)35-26-15-13-20-7-4-5-12-24(20)25(26)14-16-27(35)31(28,18-33)19-34/h1-17,27-29H/t27-,28-,29+/m1/s1. The van der Waals surface area contributed by atoms with Crippen molar-refractivity contribution in [3.63, 3.8) is 0 Å². The zero-order valence-electron chi connectivity index (χ0n) is 19.2. The first-order chi connectivity index (χ1) is 17.6. The number of halogens is 1. The molecular weight excluding hydrogens is 557 g/mol. The number of fused-ring (bicyclic) bond motifs is 5. The van der Waals surface area contributed by atoms with Crippen molar-refractivity contribution in [1.82, 2.24) is 0 Å². The number of hydrogen-bond acceptors (Lipinski definition) is 4. The highest BCUT2D eigenvalue weighted by Gasteiger charge is 2.63. The van der Waals surface area contributed by atoms with E-state index in [1.165, 1.54) is 0 Å². The Balaban J connectivity index is 1.65. The topological polar surface area (TPSA) is 67.9 Å². The van der Waals surface area contributed by atoms with E-state index in [0.717, 1.165) is 31.2 Å². The van der Waals surface area contributed by atoms with Crippen molar-refractivity contribution in [2.45, 2.75) is 18.0 Å². The number of carbonyl (C=O) groups excluding carboxylic acids is 1. The zero-order chi connectivity index (χ0) is 24.9. The lowest BCUT2D eigenvalue weighted by atomic mass is 9.69. The Morgan fingerprint density at radius 1 is 0.889 bits per heavy atom. The van der Waals surface area contributed by atoms with Gasteiger partial charge in [-0.25, -0.2) is 0 Å². The average Bonchev–Trinajstić information content (AvgIpc) is 3.24. The van der Waals surface area contributed by atoms with Gasteiger partial charge in [-0.15, -0.1) is 0 Å². The van der Waals surface area contributed by atoms with Crippen LogP contribution in [0.15, 0.2) is 97.1 Å². The number of hydrogen-bond donors (Lipinski definition) is 0. The number of anilines is 1. The lowest BCUT2D eigenvalue weighted by Crippen LogP contribution is -2.44. The summed E-state index contributed by atoms with van der Waals surface area (Å²) in [6.45, 7) is 0. The van der Waals surface area contributed by atoms with Gasteiger partial charge in [-0.05, 0) is 57.1 Å². The summed E-state index contributed by atoms with van der Waals surface area (Å²) in [5.41, 5.74) is 1.82. The summed E-state index contributed by atoms with van der Waals surface area (Å²) in [5, 5.41) is 23.4. The van der Waals surface area contributed by atoms with Crippen molar-refractivity contribution in [1.29, 1.82) is 10.5 Å². The summed E-state index contributed by atoms with van der Waals surface area (Å²) < 4.78 is 0.993. The first-order valence-electron chi connectivity index (χ1n) is 11.7. The molecule has 1 saturated heterocycles. The van der Waals surface area contributed by atoms with Gasteiger partial charge in [-0.2, -0.15) is 10.5 Å². The van der Waals surface area contributed by atoms with Crippen LogP contribution in [0, 0.1) is 31.6 Å². The van der Waals surface area contributed by atoms with E-state index in [1.54, 1.807) is 0 Å². The molecule has 0 aliphatic carbocycles. The molecule has 0 spiro atoms. The summed E-state index contributed by atoms with van der Waals surface area (Å²) in [7, 11) is 0. The first kappa shape index (κ1) is 22.5. The first-order valence-corrected chi connectivity index (χ1v) is 12.8. The number of rotatable bonds is 3. The molecule has 3 atom stereocenters. The maximum atomic E-state index is 14.3. The summed E-state index contributed by atoms with van der Waals surface area (Å²) in [5.74, 6) is -0.728. The number of ketones is 1. The predicted molar refractivity (Wildman–Crippen MR) is 149 cm³/mol. The number of Topliss-reactive ketones (excluding diaryl/α,β-unsaturated/α-hetero) is 1. The fourth-order valence-electron chi connectivity index (χ4n) is 5.89. The van der Waals surface area contributed by atoms with Crippen molar-refractivity contribution >= 4 is 50.9 Å². The molecule has 172 valence electrons. The minimum atomic E-state index is -1.45. The van der Waals surface area contributed by atoms with Crippen LogP contribution in [0.5, 0.6) is 0 Å². The van der Waals surface area contributed by atoms with E-state index in [4.69, 9.17) is 0 Å². The molecule has 5 heteroatoms. The normalized spacial score (nSPS) is 21.3. The van der Waals surface area contributed by atoms with Crippen LogP contribution in [-0.2, 0) is 0 Å². The molecule has 6 rings (SSSR count). The molecule has 0 bridgehead atoms. The number of nitrogens with zero attached hydrogens (tertiary/aromatic N) is 3. The molecule has 0 N–H and O–H groups in total. The third-order valence-corrected chi connectivity index (χ3v) is 8.12. The van der Waals surface area contributed by atoms with Crippen molar-refractivity contribution in [2.24, 2.45) is 5.41 Å². The molecule has 0 radical (unpaired) electrons. The molecule has 4 aromatic carbocycles. The second kappa shape index (κ2) is 8.62. The fraction of sp³-hybridized carbons (Fsp3) is 0.129. The molecule has 36 heavy (non-hydrogen) atoms. The predicted octanol–water partition coefficient (Wildman–Crippen LogP) is 6.73. The van der Waals surface area contributed by atoms with Crippen LogP contribution >= 0.6 is 22.6 Å². The molecule has 2 heterocycles. The van der Waals surface area contributed by atoms with Gasteiger partial charge >= 0.3 is 0 Å². The Morgan fingerprint density at radius 3 is 2.39 bits per heavy atom. The smallest absolute Gasteiger partial charge is 0.185 e. The average molecular weight is 577 g/mol. The van der Waals surface area contributed by atoms with E-state index in [2.05, 4.69) is 46.9 Å². The van der Waals surface area contributed by atoms with Gasteiger partial charge in [0.1, 0.15) is 6.04 Å². The lowest BCUT2D eigenvalue weighted by molar-refractivity contribution is 0.0951. The molecule has 2 aliphatic rings. The second-order valence-electron chi connectivity index (χ2n) is 9.23. The summed E-state index contributed by atoms with van der Waals surface area (Å²) >= 11 is 2.24. The van der Waals surface area contributed by atoms with Crippen molar-refractivity contribution in [3.8, 4) is 12.1 Å². The molecule has 1 fully saturated rings. The summed E-state index contributed by atoms with van der Waals surface area (Å²) in [6, 6.07) is 32.7. The molecule has 0 unspecified atom stereocenters. The van der Waals surface area contributed by atoms with Crippen LogP contribution in [0.25, 0.3) is 16.8 Å². The quantitative estimate of drug-likeness (QED) is 0.200. The SMILES string of the molecule is N#CC1(C#N)[C@H](c2cccc(I)c2)[C@@H](C(=O)c2ccccc2)N2c3ccc4ccccc4c3C=C[C@@H]21. The third kappa shape index (κ3) is 3.20. The molecule has 0 amide bonds. The Labute approximate surface area is 223 Å². The molecule has 4 aromatic rings. The Kier molecular flexibility index (Phi) is 5.39. The van der Waals surface area contributed by atoms with Gasteiger partial charge in [0, 0.05) is 26.3 Å². The van der Waals surface area contributed by atoms with Gasteiger partial charge in [0.15, 0.2) is 11.2 Å². The number of carbonyl (C=O) groups is 1. The lowest BCUT2D eigenvalue weighted by Gasteiger charge is -2.36. The molecule has 0 saturated carbocycles. The molecule has 0 aromatic heterocycles. The van der Waals surface area contributed by atoms with Crippen LogP contribution in [0.4, 0.5) is 5.69 Å². The Bertz CT molecular complexity index is 1620. The van der Waals surface area contributed by atoms with Gasteiger partial charge in [0.2, 0.25) is 0 Å². The van der Waals surface area contributed by atoms with E-state index in [0.29, 0.717) is 5.56 Å². The van der Waals surface area contributed by atoms with E-state index in [-0.39, 0.29) is 5.78 Å². The summed E-state index contributed by atoms with van der Waals surface area (Å²) in [6.07, 6.45) is 3.96. The van der Waals surface area contributed by atoms with Gasteiger partial charge < -0.3 is 4.90 Å². The van der Waals surface area contributed by atoms with Gasteiger partial charge in [0.25, 0.3) is 0 Å². The molecule has 2 aliphatic heterocycles. The maximum absolute atomic E-state index is 14.3. The molecular formula is C31H20IN3O. The third-order valence-electron chi connectivity index (χ3n) is 7.45.